The van der Waals surface area contributed by atoms with Crippen molar-refractivity contribution in [1.82, 2.24) is 9.88 Å². The Bertz CT molecular complexity index is 774. The van der Waals surface area contributed by atoms with Crippen LogP contribution in [0.2, 0.25) is 0 Å². The van der Waals surface area contributed by atoms with E-state index in [4.69, 9.17) is 14.7 Å². The van der Waals surface area contributed by atoms with Crippen molar-refractivity contribution in [2.24, 2.45) is 0 Å². The Morgan fingerprint density at radius 3 is 3.04 bits per heavy atom. The lowest BCUT2D eigenvalue weighted by atomic mass is 9.99. The maximum absolute atomic E-state index is 9.07. The third-order valence-corrected chi connectivity index (χ3v) is 5.26. The molecule has 1 aromatic carbocycles. The van der Waals surface area contributed by atoms with Gasteiger partial charge in [-0.25, -0.2) is 0 Å². The summed E-state index contributed by atoms with van der Waals surface area (Å²) in [6.07, 6.45) is 7.11. The summed E-state index contributed by atoms with van der Waals surface area (Å²) in [5.41, 5.74) is 1.93. The second-order valence-electron chi connectivity index (χ2n) is 7.01. The van der Waals surface area contributed by atoms with Crippen LogP contribution in [0, 0.1) is 11.3 Å². The molecule has 2 aromatic rings. The van der Waals surface area contributed by atoms with Crippen molar-refractivity contribution in [3.8, 4) is 11.8 Å². The molecule has 0 unspecified atom stereocenters. The molecule has 0 bridgehead atoms. The van der Waals surface area contributed by atoms with E-state index in [1.54, 1.807) is 12.4 Å². The number of rotatable bonds is 5. The fraction of sp³-hybridized carbons (Fsp3) is 0.429. The van der Waals surface area contributed by atoms with Crippen molar-refractivity contribution in [1.29, 1.82) is 5.26 Å². The first kappa shape index (κ1) is 17.0. The van der Waals surface area contributed by atoms with Gasteiger partial charge in [0.05, 0.1) is 30.0 Å². The van der Waals surface area contributed by atoms with Crippen LogP contribution in [0.5, 0.6) is 5.75 Å². The average molecular weight is 349 g/mol. The van der Waals surface area contributed by atoms with Crippen molar-refractivity contribution < 1.29 is 9.47 Å². The summed E-state index contributed by atoms with van der Waals surface area (Å²) in [6.45, 7) is 2.51. The number of nitrogens with zero attached hydrogens (tertiary/aromatic N) is 3. The summed E-state index contributed by atoms with van der Waals surface area (Å²) in [5, 5.41) is 9.07. The molecule has 3 atom stereocenters. The number of aromatic nitrogens is 1. The molecular weight excluding hydrogens is 326 g/mol. The Balaban J connectivity index is 1.31. The SMILES string of the molecule is N#Cc1cccc(CN2CC[C@@H]3O[C@@H](COc4cccnc4)CC[C@@H]32)c1. The zero-order chi connectivity index (χ0) is 17.8. The van der Waals surface area contributed by atoms with Gasteiger partial charge in [0.15, 0.2) is 0 Å². The molecule has 1 aromatic heterocycles. The smallest absolute Gasteiger partial charge is 0.137 e. The van der Waals surface area contributed by atoms with Crippen LogP contribution in [-0.4, -0.2) is 41.3 Å². The minimum absolute atomic E-state index is 0.151. The molecule has 0 saturated carbocycles. The number of likely N-dealkylation sites (tertiary alicyclic amines) is 1. The van der Waals surface area contributed by atoms with Gasteiger partial charge in [-0.1, -0.05) is 12.1 Å². The highest BCUT2D eigenvalue weighted by Gasteiger charge is 2.39. The van der Waals surface area contributed by atoms with Gasteiger partial charge in [-0.2, -0.15) is 5.26 Å². The van der Waals surface area contributed by atoms with E-state index in [2.05, 4.69) is 22.0 Å². The van der Waals surface area contributed by atoms with Gasteiger partial charge >= 0.3 is 0 Å². The van der Waals surface area contributed by atoms with Crippen LogP contribution >= 0.6 is 0 Å². The maximum atomic E-state index is 9.07. The average Bonchev–Trinajstić information content (AvgIpc) is 3.09. The number of nitriles is 1. The summed E-state index contributed by atoms with van der Waals surface area (Å²) >= 11 is 0. The van der Waals surface area contributed by atoms with Gasteiger partial charge in [-0.05, 0) is 49.1 Å². The van der Waals surface area contributed by atoms with E-state index >= 15 is 0 Å². The molecule has 2 aliphatic rings. The summed E-state index contributed by atoms with van der Waals surface area (Å²) in [5.74, 6) is 0.795. The van der Waals surface area contributed by atoms with E-state index in [-0.39, 0.29) is 12.2 Å². The molecule has 3 heterocycles. The molecule has 0 N–H and O–H groups in total. The largest absolute Gasteiger partial charge is 0.489 e. The van der Waals surface area contributed by atoms with Crippen LogP contribution in [0.25, 0.3) is 0 Å². The quantitative estimate of drug-likeness (QED) is 0.830. The van der Waals surface area contributed by atoms with E-state index in [0.717, 1.165) is 43.7 Å². The summed E-state index contributed by atoms with van der Waals surface area (Å²) < 4.78 is 12.1. The van der Waals surface area contributed by atoms with Crippen LogP contribution in [0.3, 0.4) is 0 Å². The molecule has 134 valence electrons. The Hall–Kier alpha value is -2.42. The van der Waals surface area contributed by atoms with Crippen LogP contribution in [0.4, 0.5) is 0 Å². The Labute approximate surface area is 154 Å². The first-order chi connectivity index (χ1) is 12.8. The van der Waals surface area contributed by atoms with E-state index < -0.39 is 0 Å². The van der Waals surface area contributed by atoms with E-state index in [1.807, 2.05) is 30.3 Å². The minimum atomic E-state index is 0.151. The lowest BCUT2D eigenvalue weighted by molar-refractivity contribution is -0.0841. The number of hydrogen-bond acceptors (Lipinski definition) is 5. The molecule has 0 amide bonds. The molecule has 5 heteroatoms. The number of hydrogen-bond donors (Lipinski definition) is 0. The third kappa shape index (κ3) is 3.87. The first-order valence-corrected chi connectivity index (χ1v) is 9.23. The van der Waals surface area contributed by atoms with Crippen LogP contribution in [0.15, 0.2) is 48.8 Å². The number of benzene rings is 1. The van der Waals surface area contributed by atoms with Crippen LogP contribution < -0.4 is 4.74 Å². The number of pyridine rings is 1. The van der Waals surface area contributed by atoms with Crippen molar-refractivity contribution in [3.05, 3.63) is 59.9 Å². The van der Waals surface area contributed by atoms with Crippen molar-refractivity contribution in [3.63, 3.8) is 0 Å². The predicted octanol–water partition coefficient (Wildman–Crippen LogP) is 3.15. The topological polar surface area (TPSA) is 58.4 Å². The van der Waals surface area contributed by atoms with Crippen molar-refractivity contribution in [2.45, 2.75) is 44.1 Å². The number of fused-ring (bicyclic) bond motifs is 1. The normalized spacial score (nSPS) is 25.4. The Morgan fingerprint density at radius 2 is 2.19 bits per heavy atom. The van der Waals surface area contributed by atoms with E-state index in [0.29, 0.717) is 12.6 Å². The Kier molecular flexibility index (Phi) is 5.14. The van der Waals surface area contributed by atoms with Crippen molar-refractivity contribution in [2.75, 3.05) is 13.2 Å². The summed E-state index contributed by atoms with van der Waals surface area (Å²) in [7, 11) is 0. The molecule has 26 heavy (non-hydrogen) atoms. The fourth-order valence-electron chi connectivity index (χ4n) is 4.00. The lowest BCUT2D eigenvalue weighted by Crippen LogP contribution is -2.43. The monoisotopic (exact) mass is 349 g/mol. The van der Waals surface area contributed by atoms with Gasteiger partial charge in [0.1, 0.15) is 12.4 Å². The highest BCUT2D eigenvalue weighted by molar-refractivity contribution is 5.32. The molecule has 0 aliphatic carbocycles. The second-order valence-corrected chi connectivity index (χ2v) is 7.01. The Morgan fingerprint density at radius 1 is 1.23 bits per heavy atom. The molecular formula is C21H23N3O2. The zero-order valence-corrected chi connectivity index (χ0v) is 14.8. The minimum Gasteiger partial charge on any atom is -0.489 e. The molecule has 2 saturated heterocycles. The molecule has 0 radical (unpaired) electrons. The molecule has 4 rings (SSSR count). The van der Waals surface area contributed by atoms with Gasteiger partial charge < -0.3 is 9.47 Å². The predicted molar refractivity (Wildman–Crippen MR) is 97.6 cm³/mol. The molecule has 2 fully saturated rings. The van der Waals surface area contributed by atoms with Gasteiger partial charge in [0.2, 0.25) is 0 Å². The zero-order valence-electron chi connectivity index (χ0n) is 14.8. The maximum Gasteiger partial charge on any atom is 0.137 e. The van der Waals surface area contributed by atoms with E-state index in [9.17, 15) is 0 Å². The van der Waals surface area contributed by atoms with E-state index in [1.165, 1.54) is 5.56 Å². The van der Waals surface area contributed by atoms with Crippen molar-refractivity contribution >= 4 is 0 Å². The highest BCUT2D eigenvalue weighted by Crippen LogP contribution is 2.32. The third-order valence-electron chi connectivity index (χ3n) is 5.26. The standard InChI is InChI=1S/C21H23N3O2/c22-12-16-3-1-4-17(11-16)14-24-10-8-21-20(24)7-6-19(26-21)15-25-18-5-2-9-23-13-18/h1-5,9,11,13,19-21H,6-8,10,14-15H2/t19-,20+,21+/m1/s1. The van der Waals surface area contributed by atoms with Crippen LogP contribution in [0.1, 0.15) is 30.4 Å². The van der Waals surface area contributed by atoms with Gasteiger partial charge in [-0.3, -0.25) is 9.88 Å². The van der Waals surface area contributed by atoms with Gasteiger partial charge in [0.25, 0.3) is 0 Å². The number of ether oxygens (including phenoxy) is 2. The molecule has 2 aliphatic heterocycles. The molecule has 0 spiro atoms. The lowest BCUT2D eigenvalue weighted by Gasteiger charge is -2.36. The first-order valence-electron chi connectivity index (χ1n) is 9.23. The fourth-order valence-corrected chi connectivity index (χ4v) is 4.00. The second kappa shape index (κ2) is 7.86. The van der Waals surface area contributed by atoms with Gasteiger partial charge in [-0.15, -0.1) is 0 Å². The van der Waals surface area contributed by atoms with Gasteiger partial charge in [0, 0.05) is 25.3 Å². The highest BCUT2D eigenvalue weighted by atomic mass is 16.5. The molecule has 5 nitrogen and oxygen atoms in total. The summed E-state index contributed by atoms with van der Waals surface area (Å²) in [4.78, 5) is 6.57. The van der Waals surface area contributed by atoms with Crippen LogP contribution in [-0.2, 0) is 11.3 Å². The summed E-state index contributed by atoms with van der Waals surface area (Å²) in [6, 6.07) is 14.4.